The summed E-state index contributed by atoms with van der Waals surface area (Å²) < 4.78 is 29.0. The van der Waals surface area contributed by atoms with Gasteiger partial charge in [0.25, 0.3) is 0 Å². The summed E-state index contributed by atoms with van der Waals surface area (Å²) in [5, 5.41) is 3.08. The molecule has 0 spiro atoms. The molecule has 0 saturated heterocycles. The Balaban J connectivity index is 3.00. The van der Waals surface area contributed by atoms with Crippen molar-refractivity contribution in [2.24, 2.45) is 10.7 Å². The highest BCUT2D eigenvalue weighted by Crippen LogP contribution is 2.34. The Morgan fingerprint density at radius 1 is 1.47 bits per heavy atom. The molecule has 3 N–H and O–H groups in total. The van der Waals surface area contributed by atoms with E-state index in [-0.39, 0.29) is 23.3 Å². The molecule has 8 heteroatoms. The Bertz CT molecular complexity index is 469. The highest BCUT2D eigenvalue weighted by atomic mass is 35.5. The third-order valence-corrected chi connectivity index (χ3v) is 2.57. The molecule has 0 radical (unpaired) electrons. The van der Waals surface area contributed by atoms with Crippen LogP contribution in [-0.2, 0) is 6.54 Å². The summed E-state index contributed by atoms with van der Waals surface area (Å²) in [4.78, 5) is 3.98. The summed E-state index contributed by atoms with van der Waals surface area (Å²) in [6.45, 7) is -0.496. The summed E-state index contributed by atoms with van der Waals surface area (Å²) in [5.74, 6) is 0.0516. The van der Waals surface area contributed by atoms with Crippen LogP contribution >= 0.6 is 23.2 Å². The van der Waals surface area contributed by atoms with Crippen LogP contribution in [-0.4, -0.2) is 19.1 Å². The van der Waals surface area contributed by atoms with Crippen LogP contribution < -0.4 is 15.8 Å². The van der Waals surface area contributed by atoms with Crippen molar-refractivity contribution in [3.8, 4) is 5.75 Å². The molecule has 1 aromatic carbocycles. The van der Waals surface area contributed by atoms with E-state index in [1.54, 1.807) is 0 Å². The summed E-state index contributed by atoms with van der Waals surface area (Å²) in [6.07, 6.45) is 0. The van der Waals surface area contributed by atoms with Gasteiger partial charge >= 0.3 is 6.61 Å². The molecule has 0 unspecified atom stereocenters. The molecule has 0 aliphatic carbocycles. The predicted octanol–water partition coefficient (Wildman–Crippen LogP) is 3.02. The average Bonchev–Trinajstić information content (AvgIpc) is 2.30. The number of halogens is 4. The van der Waals surface area contributed by atoms with Crippen molar-refractivity contribution < 1.29 is 13.5 Å². The first-order chi connectivity index (χ1) is 8.93. The Kier molecular flexibility index (Phi) is 6.11. The molecule has 0 bridgehead atoms. The number of nitrogens with zero attached hydrogens (tertiary/aromatic N) is 1. The zero-order valence-electron chi connectivity index (χ0n) is 10.1. The van der Waals surface area contributed by atoms with Gasteiger partial charge in [0.05, 0.1) is 11.6 Å². The lowest BCUT2D eigenvalue weighted by Gasteiger charge is -2.12. The van der Waals surface area contributed by atoms with Gasteiger partial charge in [-0.3, -0.25) is 0 Å². The zero-order chi connectivity index (χ0) is 14.4. The van der Waals surface area contributed by atoms with Crippen LogP contribution in [0.2, 0.25) is 10.0 Å². The second-order valence-electron chi connectivity index (χ2n) is 3.49. The number of nitrogens with one attached hydrogen (secondary N) is 1. The lowest BCUT2D eigenvalue weighted by molar-refractivity contribution is -0.0503. The Hall–Kier alpha value is -1.27. The molecule has 0 aliphatic heterocycles. The molecule has 0 heterocycles. The normalized spacial score (nSPS) is 11.8. The van der Waals surface area contributed by atoms with Crippen LogP contribution in [0.25, 0.3) is 0 Å². The van der Waals surface area contributed by atoms with E-state index in [0.717, 1.165) is 0 Å². The van der Waals surface area contributed by atoms with Gasteiger partial charge in [0.15, 0.2) is 5.96 Å². The van der Waals surface area contributed by atoms with Crippen molar-refractivity contribution in [3.05, 3.63) is 27.7 Å². The fourth-order valence-corrected chi connectivity index (χ4v) is 1.94. The molecule has 1 rings (SSSR count). The Morgan fingerprint density at radius 3 is 2.74 bits per heavy atom. The molecule has 1 aromatic rings. The van der Waals surface area contributed by atoms with Gasteiger partial charge in [-0.05, 0) is 19.1 Å². The molecule has 0 fully saturated rings. The second kappa shape index (κ2) is 7.35. The van der Waals surface area contributed by atoms with Crippen LogP contribution in [0, 0.1) is 0 Å². The molecular formula is C11H13Cl2F2N3O. The van der Waals surface area contributed by atoms with Crippen molar-refractivity contribution in [3.63, 3.8) is 0 Å². The lowest BCUT2D eigenvalue weighted by Crippen LogP contribution is -2.31. The number of aliphatic imine (C=N–C) groups is 1. The smallest absolute Gasteiger partial charge is 0.387 e. The largest absolute Gasteiger partial charge is 0.433 e. The standard InChI is InChI=1S/C11H13Cl2F2N3O/c1-2-17-11(16)18-5-6-3-7(12)4-8(13)9(6)19-10(14)15/h3-4,10H,2,5H2,1H3,(H3,16,17,18). The third kappa shape index (κ3) is 5.08. The first-order valence-corrected chi connectivity index (χ1v) is 6.16. The molecule has 0 saturated carbocycles. The number of guanidine groups is 1. The minimum Gasteiger partial charge on any atom is -0.433 e. The van der Waals surface area contributed by atoms with Crippen LogP contribution in [0.4, 0.5) is 8.78 Å². The summed E-state index contributed by atoms with van der Waals surface area (Å²) in [5.41, 5.74) is 5.88. The second-order valence-corrected chi connectivity index (χ2v) is 4.33. The van der Waals surface area contributed by atoms with E-state index in [0.29, 0.717) is 17.1 Å². The van der Waals surface area contributed by atoms with Crippen LogP contribution in [0.1, 0.15) is 12.5 Å². The van der Waals surface area contributed by atoms with E-state index >= 15 is 0 Å². The number of benzene rings is 1. The van der Waals surface area contributed by atoms with Gasteiger partial charge in [0.1, 0.15) is 5.75 Å². The van der Waals surface area contributed by atoms with E-state index in [1.807, 2.05) is 6.92 Å². The van der Waals surface area contributed by atoms with E-state index in [1.165, 1.54) is 12.1 Å². The third-order valence-electron chi connectivity index (χ3n) is 2.07. The predicted molar refractivity (Wildman–Crippen MR) is 72.1 cm³/mol. The number of nitrogens with two attached hydrogens (primary N) is 1. The van der Waals surface area contributed by atoms with E-state index < -0.39 is 6.61 Å². The van der Waals surface area contributed by atoms with Gasteiger partial charge in [-0.2, -0.15) is 8.78 Å². The fourth-order valence-electron chi connectivity index (χ4n) is 1.36. The van der Waals surface area contributed by atoms with E-state index in [2.05, 4.69) is 15.0 Å². The molecule has 106 valence electrons. The summed E-state index contributed by atoms with van der Waals surface area (Å²) in [6, 6.07) is 2.77. The number of hydrogen-bond acceptors (Lipinski definition) is 2. The molecule has 4 nitrogen and oxygen atoms in total. The number of hydrogen-bond donors (Lipinski definition) is 2. The maximum atomic E-state index is 12.3. The SMILES string of the molecule is CCNC(N)=NCc1cc(Cl)cc(Cl)c1OC(F)F. The van der Waals surface area contributed by atoms with Gasteiger partial charge in [-0.1, -0.05) is 23.2 Å². The molecule has 0 amide bonds. The van der Waals surface area contributed by atoms with Gasteiger partial charge in [-0.25, -0.2) is 4.99 Å². The van der Waals surface area contributed by atoms with Crippen LogP contribution in [0.15, 0.2) is 17.1 Å². The van der Waals surface area contributed by atoms with E-state index in [4.69, 9.17) is 28.9 Å². The monoisotopic (exact) mass is 311 g/mol. The van der Waals surface area contributed by atoms with Crippen molar-refractivity contribution >= 4 is 29.2 Å². The fraction of sp³-hybridized carbons (Fsp3) is 0.364. The van der Waals surface area contributed by atoms with E-state index in [9.17, 15) is 8.78 Å². The number of rotatable bonds is 5. The first-order valence-electron chi connectivity index (χ1n) is 5.40. The Morgan fingerprint density at radius 2 is 2.16 bits per heavy atom. The van der Waals surface area contributed by atoms with Gasteiger partial charge in [-0.15, -0.1) is 0 Å². The number of ether oxygens (including phenoxy) is 1. The molecular weight excluding hydrogens is 299 g/mol. The highest BCUT2D eigenvalue weighted by Gasteiger charge is 2.15. The lowest BCUT2D eigenvalue weighted by atomic mass is 10.2. The summed E-state index contributed by atoms with van der Waals surface area (Å²) >= 11 is 11.6. The molecule has 0 aromatic heterocycles. The van der Waals surface area contributed by atoms with Crippen molar-refractivity contribution in [2.45, 2.75) is 20.1 Å². The minimum atomic E-state index is -2.98. The maximum absolute atomic E-state index is 12.3. The molecule has 19 heavy (non-hydrogen) atoms. The van der Waals surface area contributed by atoms with Gasteiger partial charge < -0.3 is 15.8 Å². The minimum absolute atomic E-state index is 0.0000205. The molecule has 0 aliphatic rings. The van der Waals surface area contributed by atoms with Crippen molar-refractivity contribution in [1.82, 2.24) is 5.32 Å². The highest BCUT2D eigenvalue weighted by molar-refractivity contribution is 6.35. The maximum Gasteiger partial charge on any atom is 0.387 e. The first kappa shape index (κ1) is 15.8. The van der Waals surface area contributed by atoms with Crippen molar-refractivity contribution in [2.75, 3.05) is 6.54 Å². The van der Waals surface area contributed by atoms with Crippen LogP contribution in [0.5, 0.6) is 5.75 Å². The number of alkyl halides is 2. The average molecular weight is 312 g/mol. The quantitative estimate of drug-likeness (QED) is 0.649. The van der Waals surface area contributed by atoms with Crippen molar-refractivity contribution in [1.29, 1.82) is 0 Å². The van der Waals surface area contributed by atoms with Gasteiger partial charge in [0.2, 0.25) is 0 Å². The zero-order valence-corrected chi connectivity index (χ0v) is 11.6. The topological polar surface area (TPSA) is 59.6 Å². The summed E-state index contributed by atoms with van der Waals surface area (Å²) in [7, 11) is 0. The Labute approximate surface area is 119 Å². The van der Waals surface area contributed by atoms with Gasteiger partial charge in [0, 0.05) is 17.1 Å². The molecule has 0 atom stereocenters. The van der Waals surface area contributed by atoms with Crippen LogP contribution in [0.3, 0.4) is 0 Å².